The van der Waals surface area contributed by atoms with Crippen LogP contribution >= 0.6 is 11.6 Å². The number of aliphatic hydroxyl groups excluding tert-OH is 2. The number of benzene rings is 1. The Balaban J connectivity index is 1.81. The van der Waals surface area contributed by atoms with Crippen molar-refractivity contribution in [2.75, 3.05) is 13.7 Å². The number of hydrogen-bond donors (Lipinski definition) is 3. The molecule has 0 aliphatic rings. The molecule has 0 bridgehead atoms. The summed E-state index contributed by atoms with van der Waals surface area (Å²) in [6.45, 7) is 5.93. The molecule has 0 fully saturated rings. The van der Waals surface area contributed by atoms with Gasteiger partial charge in [0.1, 0.15) is 12.7 Å². The number of aryl methyl sites for hydroxylation is 1. The van der Waals surface area contributed by atoms with Crippen LogP contribution < -0.4 is 15.2 Å². The van der Waals surface area contributed by atoms with Crippen molar-refractivity contribution >= 4 is 17.5 Å². The van der Waals surface area contributed by atoms with E-state index in [1.165, 1.54) is 7.11 Å². The highest BCUT2D eigenvalue weighted by Gasteiger charge is 2.21. The zero-order valence-electron chi connectivity index (χ0n) is 20.0. The lowest BCUT2D eigenvalue weighted by atomic mass is 10.1. The molecule has 2 atom stereocenters. The van der Waals surface area contributed by atoms with Gasteiger partial charge in [-0.25, -0.2) is 0 Å². The topological polar surface area (TPSA) is 154 Å². The van der Waals surface area contributed by atoms with Gasteiger partial charge in [0, 0.05) is 28.9 Å². The van der Waals surface area contributed by atoms with Crippen LogP contribution in [0.3, 0.4) is 0 Å². The summed E-state index contributed by atoms with van der Waals surface area (Å²) in [4.78, 5) is 15.5. The minimum atomic E-state index is -1.48. The van der Waals surface area contributed by atoms with Crippen molar-refractivity contribution in [1.82, 2.24) is 15.2 Å². The first-order valence-electron chi connectivity index (χ1n) is 11.0. The molecule has 1 amide bonds. The molecule has 35 heavy (non-hydrogen) atoms. The Hall–Kier alpha value is -3.21. The molecule has 0 saturated carbocycles. The molecule has 0 spiro atoms. The lowest BCUT2D eigenvalue weighted by Crippen LogP contribution is -2.33. The third-order valence-electron chi connectivity index (χ3n) is 5.02. The van der Waals surface area contributed by atoms with Crippen LogP contribution in [0.1, 0.15) is 31.7 Å². The normalized spacial score (nSPS) is 13.0. The Morgan fingerprint density at radius 1 is 1.14 bits per heavy atom. The number of nitrogens with zero attached hydrogens (tertiary/aromatic N) is 3. The zero-order chi connectivity index (χ0) is 25.7. The molecule has 0 radical (unpaired) electrons. The highest BCUT2D eigenvalue weighted by molar-refractivity contribution is 6.32. The largest absolute Gasteiger partial charge is 0.493 e. The van der Waals surface area contributed by atoms with Gasteiger partial charge in [0.15, 0.2) is 11.5 Å². The Kier molecular flexibility index (Phi) is 8.66. The van der Waals surface area contributed by atoms with E-state index in [0.29, 0.717) is 17.4 Å². The van der Waals surface area contributed by atoms with E-state index in [4.69, 9.17) is 31.2 Å². The number of methoxy groups -OCH3 is 1. The van der Waals surface area contributed by atoms with Gasteiger partial charge in [-0.05, 0) is 43.5 Å². The SMILES string of the molecule is COc1cc(-c2nnc(-c3cc(C)nc(CC(C)C)c3)o2)cc(Cl)c1OC[C@@H](O)CC(O)C(N)=O. The molecule has 0 saturated heterocycles. The molecule has 4 N–H and O–H groups in total. The summed E-state index contributed by atoms with van der Waals surface area (Å²) in [5.41, 5.74) is 8.09. The van der Waals surface area contributed by atoms with E-state index in [1.807, 2.05) is 19.1 Å². The molecule has 3 rings (SSSR count). The van der Waals surface area contributed by atoms with Crippen molar-refractivity contribution in [1.29, 1.82) is 0 Å². The summed E-state index contributed by atoms with van der Waals surface area (Å²) in [5, 5.41) is 28.0. The van der Waals surface area contributed by atoms with Crippen LogP contribution in [0.25, 0.3) is 22.9 Å². The molecule has 1 unspecified atom stereocenters. The molecule has 1 aromatic carbocycles. The Bertz CT molecular complexity index is 1180. The fourth-order valence-corrected chi connectivity index (χ4v) is 3.71. The van der Waals surface area contributed by atoms with Crippen molar-refractivity contribution in [3.05, 3.63) is 40.7 Å². The van der Waals surface area contributed by atoms with E-state index in [2.05, 4.69) is 29.0 Å². The number of carbonyl (C=O) groups is 1. The summed E-state index contributed by atoms with van der Waals surface area (Å²) in [7, 11) is 1.44. The number of hydrogen-bond acceptors (Lipinski definition) is 9. The predicted octanol–water partition coefficient (Wildman–Crippen LogP) is 2.94. The smallest absolute Gasteiger partial charge is 0.248 e. The maximum atomic E-state index is 11.0. The molecular formula is C24H29ClN4O6. The first-order chi connectivity index (χ1) is 16.6. The second-order valence-electron chi connectivity index (χ2n) is 8.61. The molecular weight excluding hydrogens is 476 g/mol. The monoisotopic (exact) mass is 504 g/mol. The van der Waals surface area contributed by atoms with Gasteiger partial charge in [-0.15, -0.1) is 10.2 Å². The minimum Gasteiger partial charge on any atom is -0.493 e. The summed E-state index contributed by atoms with van der Waals surface area (Å²) >= 11 is 6.41. The van der Waals surface area contributed by atoms with Gasteiger partial charge < -0.3 is 29.8 Å². The number of aromatic nitrogens is 3. The van der Waals surface area contributed by atoms with Crippen LogP contribution in [-0.2, 0) is 11.2 Å². The van der Waals surface area contributed by atoms with E-state index in [9.17, 15) is 15.0 Å². The molecule has 2 heterocycles. The fourth-order valence-electron chi connectivity index (χ4n) is 3.44. The van der Waals surface area contributed by atoms with Gasteiger partial charge in [0.05, 0.1) is 18.2 Å². The molecule has 0 aliphatic heterocycles. The lowest BCUT2D eigenvalue weighted by molar-refractivity contribution is -0.127. The molecule has 11 heteroatoms. The van der Waals surface area contributed by atoms with Gasteiger partial charge in [0.2, 0.25) is 17.7 Å². The maximum absolute atomic E-state index is 11.0. The number of halogens is 1. The fraction of sp³-hybridized carbons (Fsp3) is 0.417. The zero-order valence-corrected chi connectivity index (χ0v) is 20.7. The number of carbonyl (C=O) groups excluding carboxylic acids is 1. The Morgan fingerprint density at radius 2 is 1.80 bits per heavy atom. The van der Waals surface area contributed by atoms with Crippen molar-refractivity contribution in [3.8, 4) is 34.4 Å². The highest BCUT2D eigenvalue weighted by Crippen LogP contribution is 2.40. The van der Waals surface area contributed by atoms with Gasteiger partial charge >= 0.3 is 0 Å². The van der Waals surface area contributed by atoms with Crippen LogP contribution in [0.15, 0.2) is 28.7 Å². The standard InChI is InChI=1S/C24H29ClN4O6/c1-12(2)5-16-7-14(6-13(3)27-16)23-28-29-24(35-23)15-8-18(25)21(20(9-15)33-4)34-11-17(30)10-19(31)22(26)32/h6-9,12,17,19,30-31H,5,10-11H2,1-4H3,(H2,26,32)/t17-,19?/m0/s1. The van der Waals surface area contributed by atoms with Crippen LogP contribution in [0, 0.1) is 12.8 Å². The number of pyridine rings is 1. The molecule has 2 aromatic heterocycles. The van der Waals surface area contributed by atoms with E-state index in [-0.39, 0.29) is 35.4 Å². The van der Waals surface area contributed by atoms with E-state index < -0.39 is 18.1 Å². The third kappa shape index (κ3) is 6.91. The average Bonchev–Trinajstić information content (AvgIpc) is 3.27. The van der Waals surface area contributed by atoms with Crippen molar-refractivity contribution < 1.29 is 28.9 Å². The molecule has 10 nitrogen and oxygen atoms in total. The molecule has 0 aliphatic carbocycles. The number of primary amides is 1. The number of rotatable bonds is 11. The number of aliphatic hydroxyl groups is 2. The molecule has 3 aromatic rings. The van der Waals surface area contributed by atoms with Gasteiger partial charge in [-0.3, -0.25) is 9.78 Å². The summed E-state index contributed by atoms with van der Waals surface area (Å²) < 4.78 is 16.9. The van der Waals surface area contributed by atoms with E-state index in [1.54, 1.807) is 12.1 Å². The van der Waals surface area contributed by atoms with Crippen molar-refractivity contribution in [2.24, 2.45) is 11.7 Å². The van der Waals surface area contributed by atoms with Crippen LogP contribution in [0.2, 0.25) is 5.02 Å². The first kappa shape index (κ1) is 26.4. The quantitative estimate of drug-likeness (QED) is 0.357. The minimum absolute atomic E-state index is 0.174. The maximum Gasteiger partial charge on any atom is 0.248 e. The van der Waals surface area contributed by atoms with Crippen LogP contribution in [0.4, 0.5) is 0 Å². The van der Waals surface area contributed by atoms with Crippen molar-refractivity contribution in [3.63, 3.8) is 0 Å². The Morgan fingerprint density at radius 3 is 2.40 bits per heavy atom. The van der Waals surface area contributed by atoms with Gasteiger partial charge in [-0.2, -0.15) is 0 Å². The van der Waals surface area contributed by atoms with Gasteiger partial charge in [-0.1, -0.05) is 25.4 Å². The average molecular weight is 505 g/mol. The second-order valence-corrected chi connectivity index (χ2v) is 9.01. The molecule has 188 valence electrons. The lowest BCUT2D eigenvalue weighted by Gasteiger charge is -2.17. The van der Waals surface area contributed by atoms with E-state index >= 15 is 0 Å². The first-order valence-corrected chi connectivity index (χ1v) is 11.4. The van der Waals surface area contributed by atoms with Crippen LogP contribution in [0.5, 0.6) is 11.5 Å². The second kappa shape index (κ2) is 11.5. The van der Waals surface area contributed by atoms with E-state index in [0.717, 1.165) is 23.4 Å². The third-order valence-corrected chi connectivity index (χ3v) is 5.30. The summed E-state index contributed by atoms with van der Waals surface area (Å²) in [6.07, 6.45) is -2.07. The Labute approximate surface area is 208 Å². The highest BCUT2D eigenvalue weighted by atomic mass is 35.5. The summed E-state index contributed by atoms with van der Waals surface area (Å²) in [5.74, 6) is 0.557. The summed E-state index contributed by atoms with van der Waals surface area (Å²) in [6, 6.07) is 7.01. The van der Waals surface area contributed by atoms with Crippen molar-refractivity contribution in [2.45, 2.75) is 45.8 Å². The van der Waals surface area contributed by atoms with Gasteiger partial charge in [0.25, 0.3) is 0 Å². The number of ether oxygens (including phenoxy) is 2. The predicted molar refractivity (Wildman–Crippen MR) is 129 cm³/mol. The number of amides is 1. The number of nitrogens with two attached hydrogens (primary N) is 1. The van der Waals surface area contributed by atoms with Crippen LogP contribution in [-0.4, -0.2) is 57.2 Å².